The minimum Gasteiger partial charge on any atom is -0.354 e. The molecule has 0 aromatic heterocycles. The molecule has 1 heterocycles. The van der Waals surface area contributed by atoms with Crippen LogP contribution in [0.5, 0.6) is 0 Å². The van der Waals surface area contributed by atoms with Gasteiger partial charge < -0.3 is 10.2 Å². The Morgan fingerprint density at radius 2 is 1.58 bits per heavy atom. The van der Waals surface area contributed by atoms with Crippen LogP contribution in [0.4, 0.5) is 0 Å². The van der Waals surface area contributed by atoms with Crippen molar-refractivity contribution in [3.63, 3.8) is 0 Å². The molecule has 2 aromatic carbocycles. The average molecular weight is 516 g/mol. The normalized spacial score (nSPS) is 19.3. The number of likely N-dealkylation sites (tertiary alicyclic amines) is 1. The summed E-state index contributed by atoms with van der Waals surface area (Å²) >= 11 is 0. The number of carbonyl (C=O) groups excluding carboxylic acids is 4. The van der Waals surface area contributed by atoms with Crippen LogP contribution >= 0.6 is 0 Å². The third kappa shape index (κ3) is 6.39. The number of benzene rings is 2. The number of carbonyl (C=O) groups is 4. The molecule has 2 aliphatic rings. The molecule has 0 saturated carbocycles. The van der Waals surface area contributed by atoms with Crippen molar-refractivity contribution in [1.82, 2.24) is 15.1 Å². The maximum Gasteiger partial charge on any atom is 0.243 e. The summed E-state index contributed by atoms with van der Waals surface area (Å²) in [6, 6.07) is 16.8. The Balaban J connectivity index is 1.57. The molecule has 0 spiro atoms. The van der Waals surface area contributed by atoms with Crippen molar-refractivity contribution < 1.29 is 19.2 Å². The van der Waals surface area contributed by atoms with Crippen molar-refractivity contribution in [2.75, 3.05) is 13.1 Å². The lowest BCUT2D eigenvalue weighted by atomic mass is 9.85. The van der Waals surface area contributed by atoms with E-state index in [1.165, 1.54) is 4.90 Å². The highest BCUT2D eigenvalue weighted by atomic mass is 16.2. The fourth-order valence-electron chi connectivity index (χ4n) is 5.25. The lowest BCUT2D eigenvalue weighted by Gasteiger charge is -2.32. The molecule has 1 aliphatic heterocycles. The fourth-order valence-corrected chi connectivity index (χ4v) is 5.25. The number of fused-ring (bicyclic) bond motifs is 1. The van der Waals surface area contributed by atoms with Gasteiger partial charge in [-0.25, -0.2) is 0 Å². The predicted octanol–water partition coefficient (Wildman–Crippen LogP) is 3.80. The first-order chi connectivity index (χ1) is 18.4. The summed E-state index contributed by atoms with van der Waals surface area (Å²) in [5.74, 6) is -1.49. The highest BCUT2D eigenvalue weighted by Gasteiger charge is 2.47. The van der Waals surface area contributed by atoms with Crippen LogP contribution in [0.3, 0.4) is 0 Å². The molecule has 4 amide bonds. The summed E-state index contributed by atoms with van der Waals surface area (Å²) < 4.78 is 0. The Labute approximate surface area is 224 Å². The van der Waals surface area contributed by atoms with Gasteiger partial charge in [0, 0.05) is 32.5 Å². The molecule has 38 heavy (non-hydrogen) atoms. The summed E-state index contributed by atoms with van der Waals surface area (Å²) in [7, 11) is 0. The molecular formula is C31H37N3O4. The van der Waals surface area contributed by atoms with Crippen molar-refractivity contribution in [1.29, 1.82) is 0 Å². The maximum atomic E-state index is 13.8. The number of hydrogen-bond donors (Lipinski definition) is 1. The number of amides is 4. The van der Waals surface area contributed by atoms with Crippen LogP contribution in [0.15, 0.2) is 66.7 Å². The molecular weight excluding hydrogens is 478 g/mol. The monoisotopic (exact) mass is 515 g/mol. The SMILES string of the molecule is CCCNC(=O)C(Cc1ccccc1)N(Cc1ccc(C)cc1)C(=O)CCN1C(=O)[C@H]2CC=CC[C@H]2C1=O. The van der Waals surface area contributed by atoms with Crippen molar-refractivity contribution >= 4 is 23.6 Å². The van der Waals surface area contributed by atoms with E-state index in [1.54, 1.807) is 4.90 Å². The second kappa shape index (κ2) is 12.7. The van der Waals surface area contributed by atoms with E-state index in [0.29, 0.717) is 25.8 Å². The van der Waals surface area contributed by atoms with Gasteiger partial charge >= 0.3 is 0 Å². The number of nitrogens with zero attached hydrogens (tertiary/aromatic N) is 2. The Bertz CT molecular complexity index is 1150. The van der Waals surface area contributed by atoms with Gasteiger partial charge in [0.1, 0.15) is 6.04 Å². The minimum atomic E-state index is -0.727. The zero-order chi connectivity index (χ0) is 27.1. The van der Waals surface area contributed by atoms with Crippen LogP contribution in [0.1, 0.15) is 49.3 Å². The fraction of sp³-hybridized carbons (Fsp3) is 0.419. The predicted molar refractivity (Wildman–Crippen MR) is 146 cm³/mol. The Kier molecular flexibility index (Phi) is 9.10. The van der Waals surface area contributed by atoms with E-state index in [1.807, 2.05) is 80.6 Å². The van der Waals surface area contributed by atoms with Crippen LogP contribution in [0.2, 0.25) is 0 Å². The summed E-state index contributed by atoms with van der Waals surface area (Å²) in [4.78, 5) is 55.9. The van der Waals surface area contributed by atoms with E-state index >= 15 is 0 Å². The molecule has 1 aliphatic carbocycles. The molecule has 1 N–H and O–H groups in total. The van der Waals surface area contributed by atoms with E-state index in [0.717, 1.165) is 23.1 Å². The molecule has 1 unspecified atom stereocenters. The standard InChI is InChI=1S/C31H37N3O4/c1-3-18-32-29(36)27(20-23-9-5-4-6-10-23)34(21-24-15-13-22(2)14-16-24)28(35)17-19-33-30(37)25-11-7-8-12-26(25)31(33)38/h4-10,13-16,25-27H,3,11-12,17-21H2,1-2H3,(H,32,36)/t25-,26+,27?. The van der Waals surface area contributed by atoms with Gasteiger partial charge in [0.05, 0.1) is 11.8 Å². The Hall–Kier alpha value is -3.74. The lowest BCUT2D eigenvalue weighted by Crippen LogP contribution is -2.51. The van der Waals surface area contributed by atoms with Crippen LogP contribution in [-0.4, -0.2) is 52.6 Å². The second-order valence-corrected chi connectivity index (χ2v) is 10.2. The molecule has 7 nitrogen and oxygen atoms in total. The molecule has 2 aromatic rings. The number of rotatable bonds is 11. The summed E-state index contributed by atoms with van der Waals surface area (Å²) in [5.41, 5.74) is 2.97. The Morgan fingerprint density at radius 1 is 0.947 bits per heavy atom. The van der Waals surface area contributed by atoms with E-state index < -0.39 is 6.04 Å². The van der Waals surface area contributed by atoms with E-state index in [9.17, 15) is 19.2 Å². The topological polar surface area (TPSA) is 86.8 Å². The molecule has 7 heteroatoms. The van der Waals surface area contributed by atoms with Crippen LogP contribution in [0.25, 0.3) is 0 Å². The van der Waals surface area contributed by atoms with Crippen LogP contribution in [0, 0.1) is 18.8 Å². The average Bonchev–Trinajstić information content (AvgIpc) is 3.18. The van der Waals surface area contributed by atoms with E-state index in [4.69, 9.17) is 0 Å². The zero-order valence-corrected chi connectivity index (χ0v) is 22.3. The molecule has 3 atom stereocenters. The van der Waals surface area contributed by atoms with E-state index in [2.05, 4.69) is 5.32 Å². The summed E-state index contributed by atoms with van der Waals surface area (Å²) in [6.45, 7) is 4.79. The van der Waals surface area contributed by atoms with Crippen molar-refractivity contribution in [3.05, 3.63) is 83.4 Å². The molecule has 200 valence electrons. The first kappa shape index (κ1) is 27.3. The molecule has 1 saturated heterocycles. The second-order valence-electron chi connectivity index (χ2n) is 10.2. The van der Waals surface area contributed by atoms with Gasteiger partial charge in [0.15, 0.2) is 0 Å². The maximum absolute atomic E-state index is 13.8. The zero-order valence-electron chi connectivity index (χ0n) is 22.3. The van der Waals surface area contributed by atoms with E-state index in [-0.39, 0.29) is 55.0 Å². The van der Waals surface area contributed by atoms with Crippen molar-refractivity contribution in [2.45, 2.75) is 58.5 Å². The van der Waals surface area contributed by atoms with Crippen molar-refractivity contribution in [3.8, 4) is 0 Å². The van der Waals surface area contributed by atoms with Gasteiger partial charge in [-0.15, -0.1) is 0 Å². The third-order valence-corrected chi connectivity index (χ3v) is 7.44. The number of hydrogen-bond acceptors (Lipinski definition) is 4. The molecule has 0 radical (unpaired) electrons. The summed E-state index contributed by atoms with van der Waals surface area (Å²) in [6.07, 6.45) is 6.16. The van der Waals surface area contributed by atoms with Crippen LogP contribution in [-0.2, 0) is 32.1 Å². The Morgan fingerprint density at radius 3 is 2.18 bits per heavy atom. The van der Waals surface area contributed by atoms with Gasteiger partial charge in [-0.3, -0.25) is 24.1 Å². The number of aryl methyl sites for hydroxylation is 1. The van der Waals surface area contributed by atoms with Gasteiger partial charge in [-0.2, -0.15) is 0 Å². The first-order valence-electron chi connectivity index (χ1n) is 13.6. The molecule has 0 bridgehead atoms. The smallest absolute Gasteiger partial charge is 0.243 e. The van der Waals surface area contributed by atoms with Crippen LogP contribution < -0.4 is 5.32 Å². The van der Waals surface area contributed by atoms with Gasteiger partial charge in [-0.05, 0) is 37.3 Å². The largest absolute Gasteiger partial charge is 0.354 e. The first-order valence-corrected chi connectivity index (χ1v) is 13.6. The summed E-state index contributed by atoms with van der Waals surface area (Å²) in [5, 5.41) is 2.97. The van der Waals surface area contributed by atoms with Gasteiger partial charge in [-0.1, -0.05) is 79.2 Å². The minimum absolute atomic E-state index is 0.0252. The highest BCUT2D eigenvalue weighted by molar-refractivity contribution is 6.05. The number of nitrogens with one attached hydrogen (secondary N) is 1. The van der Waals surface area contributed by atoms with Gasteiger partial charge in [0.25, 0.3) is 0 Å². The third-order valence-electron chi connectivity index (χ3n) is 7.44. The van der Waals surface area contributed by atoms with Gasteiger partial charge in [0.2, 0.25) is 23.6 Å². The van der Waals surface area contributed by atoms with Crippen molar-refractivity contribution in [2.24, 2.45) is 11.8 Å². The number of allylic oxidation sites excluding steroid dienone is 2. The number of imide groups is 1. The molecule has 4 rings (SSSR count). The highest BCUT2D eigenvalue weighted by Crippen LogP contribution is 2.35. The quantitative estimate of drug-likeness (QED) is 0.364. The lowest BCUT2D eigenvalue weighted by molar-refractivity contribution is -0.144. The molecule has 1 fully saturated rings.